The molecule has 0 spiro atoms. The van der Waals surface area contributed by atoms with Gasteiger partial charge in [0.05, 0.1) is 30.5 Å². The van der Waals surface area contributed by atoms with E-state index in [-0.39, 0.29) is 23.7 Å². The van der Waals surface area contributed by atoms with Crippen molar-refractivity contribution >= 4 is 17.6 Å². The van der Waals surface area contributed by atoms with Gasteiger partial charge in [0.2, 0.25) is 0 Å². The van der Waals surface area contributed by atoms with Crippen molar-refractivity contribution in [2.45, 2.75) is 19.4 Å². The Morgan fingerprint density at radius 2 is 2.00 bits per heavy atom. The number of likely N-dealkylation sites (N-methyl/N-ethyl adjacent to an activating group) is 1. The Labute approximate surface area is 208 Å². The molecule has 1 fully saturated rings. The van der Waals surface area contributed by atoms with E-state index in [1.807, 2.05) is 19.1 Å². The number of halogens is 1. The SMILES string of the molecule is CN1C(=O)C(NC(=O)n2cc(Cc3ccc(F)cc3)cn2)COc2ccc(C#CC3(C)COC3)cc21. The topological polar surface area (TPSA) is 85.7 Å². The molecule has 1 N–H and O–H groups in total. The quantitative estimate of drug-likeness (QED) is 0.573. The molecule has 5 rings (SSSR count). The second-order valence-electron chi connectivity index (χ2n) is 9.29. The molecule has 1 unspecified atom stereocenters. The normalized spacial score (nSPS) is 18.1. The van der Waals surface area contributed by atoms with Crippen LogP contribution in [0.5, 0.6) is 5.75 Å². The number of hydrogen-bond acceptors (Lipinski definition) is 5. The third kappa shape index (κ3) is 4.95. The van der Waals surface area contributed by atoms with Crippen LogP contribution in [0.25, 0.3) is 0 Å². The zero-order valence-corrected chi connectivity index (χ0v) is 20.0. The van der Waals surface area contributed by atoms with Gasteiger partial charge in [0.1, 0.15) is 24.2 Å². The molecular weight excluding hydrogens is 463 g/mol. The Morgan fingerprint density at radius 1 is 1.22 bits per heavy atom. The molecule has 2 aromatic carbocycles. The zero-order chi connectivity index (χ0) is 25.3. The number of anilines is 1. The molecule has 1 atom stereocenters. The van der Waals surface area contributed by atoms with E-state index in [4.69, 9.17) is 9.47 Å². The number of rotatable bonds is 3. The number of hydrogen-bond donors (Lipinski definition) is 1. The maximum Gasteiger partial charge on any atom is 0.342 e. The van der Waals surface area contributed by atoms with Crippen molar-refractivity contribution in [2.24, 2.45) is 5.41 Å². The van der Waals surface area contributed by atoms with Crippen molar-refractivity contribution in [3.63, 3.8) is 0 Å². The highest BCUT2D eigenvalue weighted by atomic mass is 19.1. The van der Waals surface area contributed by atoms with Crippen LogP contribution >= 0.6 is 0 Å². The van der Waals surface area contributed by atoms with Crippen LogP contribution in [0.1, 0.15) is 23.6 Å². The molecule has 36 heavy (non-hydrogen) atoms. The summed E-state index contributed by atoms with van der Waals surface area (Å²) in [6, 6.07) is 10.1. The van der Waals surface area contributed by atoms with Gasteiger partial charge >= 0.3 is 6.03 Å². The minimum atomic E-state index is -0.903. The molecule has 0 bridgehead atoms. The molecule has 3 aromatic rings. The standard InChI is InChI=1S/C27H25FN4O4/c1-27(16-35-17-27)10-9-19-5-8-24-23(12-19)31(2)25(33)22(15-36-24)30-26(34)32-14-20(13-29-32)11-18-3-6-21(28)7-4-18/h3-8,12-14,22H,11,15-17H2,1-2H3,(H,30,34). The third-order valence-electron chi connectivity index (χ3n) is 6.17. The van der Waals surface area contributed by atoms with E-state index in [1.54, 1.807) is 37.6 Å². The Kier molecular flexibility index (Phi) is 6.20. The van der Waals surface area contributed by atoms with Crippen molar-refractivity contribution < 1.29 is 23.5 Å². The Hall–Kier alpha value is -4.16. The molecule has 1 saturated heterocycles. The first-order valence-corrected chi connectivity index (χ1v) is 11.5. The Bertz CT molecular complexity index is 1370. The lowest BCUT2D eigenvalue weighted by Crippen LogP contribution is -2.50. The first-order chi connectivity index (χ1) is 17.3. The summed E-state index contributed by atoms with van der Waals surface area (Å²) in [6.45, 7) is 3.24. The molecule has 2 amide bonds. The van der Waals surface area contributed by atoms with E-state index in [0.29, 0.717) is 31.1 Å². The van der Waals surface area contributed by atoms with Crippen molar-refractivity contribution in [1.29, 1.82) is 0 Å². The van der Waals surface area contributed by atoms with Gasteiger partial charge in [0, 0.05) is 25.2 Å². The molecule has 0 radical (unpaired) electrons. The van der Waals surface area contributed by atoms with Gasteiger partial charge in [-0.05, 0) is 48.4 Å². The lowest BCUT2D eigenvalue weighted by atomic mass is 9.89. The first-order valence-electron chi connectivity index (χ1n) is 11.5. The van der Waals surface area contributed by atoms with Crippen LogP contribution in [0.3, 0.4) is 0 Å². The van der Waals surface area contributed by atoms with Crippen LogP contribution < -0.4 is 15.0 Å². The maximum atomic E-state index is 13.2. The highest BCUT2D eigenvalue weighted by Crippen LogP contribution is 2.32. The molecule has 8 nitrogen and oxygen atoms in total. The summed E-state index contributed by atoms with van der Waals surface area (Å²) in [6.07, 6.45) is 3.64. The summed E-state index contributed by atoms with van der Waals surface area (Å²) in [7, 11) is 1.64. The van der Waals surface area contributed by atoms with Crippen LogP contribution in [0.2, 0.25) is 0 Å². The Balaban J connectivity index is 1.26. The molecule has 9 heteroatoms. The second kappa shape index (κ2) is 9.47. The van der Waals surface area contributed by atoms with E-state index in [2.05, 4.69) is 22.3 Å². The molecular formula is C27H25FN4O4. The summed E-state index contributed by atoms with van der Waals surface area (Å²) < 4.78 is 25.4. The summed E-state index contributed by atoms with van der Waals surface area (Å²) in [5.41, 5.74) is 2.87. The van der Waals surface area contributed by atoms with Crippen molar-refractivity contribution in [2.75, 3.05) is 31.8 Å². The van der Waals surface area contributed by atoms with E-state index in [1.165, 1.54) is 17.0 Å². The summed E-state index contributed by atoms with van der Waals surface area (Å²) in [4.78, 5) is 27.4. The molecule has 1 aromatic heterocycles. The predicted octanol–water partition coefficient (Wildman–Crippen LogP) is 2.98. The summed E-state index contributed by atoms with van der Waals surface area (Å²) in [5.74, 6) is 6.30. The predicted molar refractivity (Wildman–Crippen MR) is 130 cm³/mol. The number of fused-ring (bicyclic) bond motifs is 1. The van der Waals surface area contributed by atoms with Crippen molar-refractivity contribution in [1.82, 2.24) is 15.1 Å². The molecule has 0 saturated carbocycles. The smallest absolute Gasteiger partial charge is 0.342 e. The van der Waals surface area contributed by atoms with Crippen LogP contribution in [0.15, 0.2) is 54.9 Å². The highest BCUT2D eigenvalue weighted by molar-refractivity contribution is 6.00. The van der Waals surface area contributed by atoms with Crippen LogP contribution in [-0.4, -0.2) is 54.6 Å². The number of aromatic nitrogens is 2. The third-order valence-corrected chi connectivity index (χ3v) is 6.17. The number of ether oxygens (including phenoxy) is 2. The van der Waals surface area contributed by atoms with E-state index in [9.17, 15) is 14.0 Å². The molecule has 184 valence electrons. The van der Waals surface area contributed by atoms with Crippen LogP contribution in [-0.2, 0) is 16.0 Å². The van der Waals surface area contributed by atoms with E-state index < -0.39 is 12.1 Å². The minimum Gasteiger partial charge on any atom is -0.489 e. The lowest BCUT2D eigenvalue weighted by Gasteiger charge is -2.32. The lowest BCUT2D eigenvalue weighted by molar-refractivity contribution is -0.120. The van der Waals surface area contributed by atoms with Gasteiger partial charge < -0.3 is 19.7 Å². The fraction of sp³-hybridized carbons (Fsp3) is 0.296. The van der Waals surface area contributed by atoms with Gasteiger partial charge in [-0.3, -0.25) is 4.79 Å². The summed E-state index contributed by atoms with van der Waals surface area (Å²) >= 11 is 0. The van der Waals surface area contributed by atoms with Gasteiger partial charge in [-0.25, -0.2) is 9.18 Å². The fourth-order valence-corrected chi connectivity index (χ4v) is 4.00. The summed E-state index contributed by atoms with van der Waals surface area (Å²) in [5, 5.41) is 6.81. The minimum absolute atomic E-state index is 0.0218. The molecule has 2 aliphatic rings. The highest BCUT2D eigenvalue weighted by Gasteiger charge is 2.32. The number of amides is 2. The number of nitrogens with one attached hydrogen (secondary N) is 1. The van der Waals surface area contributed by atoms with Crippen LogP contribution in [0, 0.1) is 23.1 Å². The average molecular weight is 489 g/mol. The number of nitrogens with zero attached hydrogens (tertiary/aromatic N) is 3. The van der Waals surface area contributed by atoms with Crippen molar-refractivity contribution in [3.8, 4) is 17.6 Å². The van der Waals surface area contributed by atoms with E-state index in [0.717, 1.165) is 21.4 Å². The monoisotopic (exact) mass is 488 g/mol. The second-order valence-corrected chi connectivity index (χ2v) is 9.29. The number of benzene rings is 2. The molecule has 3 heterocycles. The molecule has 2 aliphatic heterocycles. The van der Waals surface area contributed by atoms with Gasteiger partial charge in [-0.15, -0.1) is 0 Å². The van der Waals surface area contributed by atoms with Gasteiger partial charge in [0.15, 0.2) is 0 Å². The van der Waals surface area contributed by atoms with Gasteiger partial charge in [-0.1, -0.05) is 24.0 Å². The van der Waals surface area contributed by atoms with E-state index >= 15 is 0 Å². The number of carbonyl (C=O) groups is 2. The zero-order valence-electron chi connectivity index (χ0n) is 20.0. The van der Waals surface area contributed by atoms with Gasteiger partial charge in [-0.2, -0.15) is 9.78 Å². The largest absolute Gasteiger partial charge is 0.489 e. The Morgan fingerprint density at radius 3 is 2.72 bits per heavy atom. The van der Waals surface area contributed by atoms with Crippen molar-refractivity contribution in [3.05, 3.63) is 77.4 Å². The maximum absolute atomic E-state index is 13.2. The fourth-order valence-electron chi connectivity index (χ4n) is 4.00. The number of carbonyl (C=O) groups excluding carboxylic acids is 2. The average Bonchev–Trinajstić information content (AvgIpc) is 3.29. The van der Waals surface area contributed by atoms with Crippen LogP contribution in [0.4, 0.5) is 14.9 Å². The van der Waals surface area contributed by atoms with Gasteiger partial charge in [0.25, 0.3) is 5.91 Å². The first kappa shape index (κ1) is 23.6. The molecule has 0 aliphatic carbocycles.